The van der Waals surface area contributed by atoms with Gasteiger partial charge in [-0.3, -0.25) is 4.79 Å². The van der Waals surface area contributed by atoms with E-state index in [9.17, 15) is 14.4 Å². The van der Waals surface area contributed by atoms with Gasteiger partial charge in [-0.1, -0.05) is 6.08 Å². The van der Waals surface area contributed by atoms with Gasteiger partial charge in [0.2, 0.25) is 0 Å². The Morgan fingerprint density at radius 3 is 2.58 bits per heavy atom. The number of aldehydes is 1. The van der Waals surface area contributed by atoms with Crippen LogP contribution in [-0.4, -0.2) is 24.6 Å². The van der Waals surface area contributed by atoms with Crippen LogP contribution in [0.5, 0.6) is 0 Å². The highest BCUT2D eigenvalue weighted by atomic mass is 16.5. The molecule has 0 unspecified atom stereocenters. The van der Waals surface area contributed by atoms with Crippen LogP contribution in [0.1, 0.15) is 45.4 Å². The summed E-state index contributed by atoms with van der Waals surface area (Å²) in [6.07, 6.45) is 10.3. The number of carbonyl (C=O) groups excluding carboxylic acids is 3. The van der Waals surface area contributed by atoms with Gasteiger partial charge in [0, 0.05) is 19.3 Å². The van der Waals surface area contributed by atoms with Crippen LogP contribution in [0.2, 0.25) is 0 Å². The van der Waals surface area contributed by atoms with E-state index in [1.807, 2.05) is 0 Å². The summed E-state index contributed by atoms with van der Waals surface area (Å²) in [6, 6.07) is 0. The highest BCUT2D eigenvalue weighted by Gasteiger charge is 2.18. The van der Waals surface area contributed by atoms with E-state index < -0.39 is 5.97 Å². The Bertz CT molecular complexity index is 374. The number of hydrogen-bond acceptors (Lipinski definition) is 4. The number of ketones is 1. The fourth-order valence-electron chi connectivity index (χ4n) is 1.45. The summed E-state index contributed by atoms with van der Waals surface area (Å²) < 4.78 is 4.85. The Kier molecular flexibility index (Phi) is 10.1. The molecule has 19 heavy (non-hydrogen) atoms. The van der Waals surface area contributed by atoms with Gasteiger partial charge in [-0.2, -0.15) is 0 Å². The first-order valence-corrected chi connectivity index (χ1v) is 6.44. The van der Waals surface area contributed by atoms with Crippen molar-refractivity contribution in [1.82, 2.24) is 0 Å². The molecule has 0 aromatic heterocycles. The zero-order valence-corrected chi connectivity index (χ0v) is 11.3. The molecular weight excluding hydrogens is 244 g/mol. The molecule has 0 N–H and O–H groups in total. The van der Waals surface area contributed by atoms with Gasteiger partial charge in [0.05, 0.1) is 12.2 Å². The highest BCUT2D eigenvalue weighted by Crippen LogP contribution is 2.09. The number of unbranched alkanes of at least 4 members (excludes halogenated alkanes) is 3. The quantitative estimate of drug-likeness (QED) is 0.115. The number of esters is 1. The van der Waals surface area contributed by atoms with Crippen molar-refractivity contribution < 1.29 is 19.1 Å². The zero-order valence-electron chi connectivity index (χ0n) is 11.3. The third kappa shape index (κ3) is 7.93. The smallest absolute Gasteiger partial charge is 0.341 e. The fraction of sp³-hybridized carbons (Fsp3) is 0.533. The molecule has 0 bridgehead atoms. The molecule has 0 heterocycles. The largest absolute Gasteiger partial charge is 0.462 e. The molecule has 4 heteroatoms. The van der Waals surface area contributed by atoms with Crippen molar-refractivity contribution in [3.8, 4) is 12.3 Å². The second-order valence-electron chi connectivity index (χ2n) is 3.92. The summed E-state index contributed by atoms with van der Waals surface area (Å²) in [5, 5.41) is 0. The molecule has 0 fully saturated rings. The van der Waals surface area contributed by atoms with Gasteiger partial charge in [-0.15, -0.1) is 12.3 Å². The maximum Gasteiger partial charge on any atom is 0.341 e. The lowest BCUT2D eigenvalue weighted by Crippen LogP contribution is -2.16. The minimum absolute atomic E-state index is 0.0739. The van der Waals surface area contributed by atoms with E-state index in [1.165, 1.54) is 0 Å². The molecule has 0 amide bonds. The number of Topliss-reactive ketones (excluding diaryl/α,β-unsaturated/α-hetero) is 1. The normalized spacial score (nSPS) is 10.6. The standard InChI is InChI=1S/C15H20O4/c1-3-5-6-7-10-13(15(18)19-4-2)14(17)11-8-9-12-16/h1,10,12H,4-9,11H2,2H3/b13-10-. The Labute approximate surface area is 114 Å². The third-order valence-corrected chi connectivity index (χ3v) is 2.40. The molecule has 0 aliphatic heterocycles. The average molecular weight is 264 g/mol. The molecular formula is C15H20O4. The molecule has 0 rings (SSSR count). The number of terminal acetylenes is 1. The number of hydrogen-bond donors (Lipinski definition) is 0. The van der Waals surface area contributed by atoms with Crippen molar-refractivity contribution in [2.75, 3.05) is 6.61 Å². The summed E-state index contributed by atoms with van der Waals surface area (Å²) in [6.45, 7) is 1.91. The summed E-state index contributed by atoms with van der Waals surface area (Å²) >= 11 is 0. The van der Waals surface area contributed by atoms with Gasteiger partial charge in [-0.25, -0.2) is 4.79 Å². The fourth-order valence-corrected chi connectivity index (χ4v) is 1.45. The predicted molar refractivity (Wildman–Crippen MR) is 72.3 cm³/mol. The van der Waals surface area contributed by atoms with Crippen LogP contribution in [0.15, 0.2) is 11.6 Å². The molecule has 0 atom stereocenters. The van der Waals surface area contributed by atoms with E-state index >= 15 is 0 Å². The zero-order chi connectivity index (χ0) is 14.5. The van der Waals surface area contributed by atoms with E-state index in [4.69, 9.17) is 11.2 Å². The number of ether oxygens (including phenoxy) is 1. The molecule has 0 saturated carbocycles. The van der Waals surface area contributed by atoms with Crippen LogP contribution in [-0.2, 0) is 19.1 Å². The first kappa shape index (κ1) is 17.1. The maximum atomic E-state index is 11.9. The van der Waals surface area contributed by atoms with Crippen LogP contribution < -0.4 is 0 Å². The number of allylic oxidation sites excluding steroid dienone is 1. The van der Waals surface area contributed by atoms with E-state index in [0.29, 0.717) is 25.7 Å². The molecule has 104 valence electrons. The van der Waals surface area contributed by atoms with E-state index in [1.54, 1.807) is 13.0 Å². The van der Waals surface area contributed by atoms with E-state index in [2.05, 4.69) is 5.92 Å². The Morgan fingerprint density at radius 2 is 2.00 bits per heavy atom. The monoisotopic (exact) mass is 264 g/mol. The van der Waals surface area contributed by atoms with Crippen molar-refractivity contribution >= 4 is 18.0 Å². The minimum atomic E-state index is -0.598. The van der Waals surface area contributed by atoms with Gasteiger partial charge in [0.1, 0.15) is 6.29 Å². The summed E-state index contributed by atoms with van der Waals surface area (Å²) in [5.74, 6) is 1.62. The molecule has 0 saturated heterocycles. The Hall–Kier alpha value is -1.89. The van der Waals surface area contributed by atoms with Crippen molar-refractivity contribution in [3.63, 3.8) is 0 Å². The Balaban J connectivity index is 4.56. The van der Waals surface area contributed by atoms with Crippen LogP contribution in [0, 0.1) is 12.3 Å². The summed E-state index contributed by atoms with van der Waals surface area (Å²) in [5.41, 5.74) is 0.0739. The summed E-state index contributed by atoms with van der Waals surface area (Å²) in [4.78, 5) is 33.7. The molecule has 0 aromatic rings. The maximum absolute atomic E-state index is 11.9. The van der Waals surface area contributed by atoms with Gasteiger partial charge in [0.15, 0.2) is 5.78 Å². The third-order valence-electron chi connectivity index (χ3n) is 2.40. The van der Waals surface area contributed by atoms with E-state index in [0.717, 1.165) is 12.7 Å². The minimum Gasteiger partial charge on any atom is -0.462 e. The van der Waals surface area contributed by atoms with Gasteiger partial charge in [0.25, 0.3) is 0 Å². The van der Waals surface area contributed by atoms with Crippen molar-refractivity contribution in [2.24, 2.45) is 0 Å². The van der Waals surface area contributed by atoms with Crippen LogP contribution in [0.3, 0.4) is 0 Å². The molecule has 4 nitrogen and oxygen atoms in total. The number of carbonyl (C=O) groups is 3. The van der Waals surface area contributed by atoms with Crippen molar-refractivity contribution in [1.29, 1.82) is 0 Å². The lowest BCUT2D eigenvalue weighted by Gasteiger charge is -2.05. The van der Waals surface area contributed by atoms with Crippen LogP contribution in [0.25, 0.3) is 0 Å². The molecule has 0 spiro atoms. The highest BCUT2D eigenvalue weighted by molar-refractivity contribution is 6.17. The van der Waals surface area contributed by atoms with Crippen LogP contribution in [0.4, 0.5) is 0 Å². The average Bonchev–Trinajstić information content (AvgIpc) is 2.39. The number of rotatable bonds is 10. The first-order chi connectivity index (χ1) is 9.17. The summed E-state index contributed by atoms with van der Waals surface area (Å²) in [7, 11) is 0. The lowest BCUT2D eigenvalue weighted by atomic mass is 10.0. The topological polar surface area (TPSA) is 60.4 Å². The van der Waals surface area contributed by atoms with E-state index in [-0.39, 0.29) is 24.4 Å². The molecule has 0 aromatic carbocycles. The second-order valence-corrected chi connectivity index (χ2v) is 3.92. The lowest BCUT2D eigenvalue weighted by molar-refractivity contribution is -0.140. The van der Waals surface area contributed by atoms with Crippen molar-refractivity contribution in [3.05, 3.63) is 11.6 Å². The molecule has 0 aliphatic rings. The van der Waals surface area contributed by atoms with Crippen molar-refractivity contribution in [2.45, 2.75) is 45.4 Å². The Morgan fingerprint density at radius 1 is 1.26 bits per heavy atom. The predicted octanol–water partition coefficient (Wildman–Crippen LogP) is 2.22. The van der Waals surface area contributed by atoms with Gasteiger partial charge in [-0.05, 0) is 26.2 Å². The first-order valence-electron chi connectivity index (χ1n) is 6.44. The van der Waals surface area contributed by atoms with Gasteiger partial charge < -0.3 is 9.53 Å². The van der Waals surface area contributed by atoms with Crippen LogP contribution >= 0.6 is 0 Å². The van der Waals surface area contributed by atoms with Gasteiger partial charge >= 0.3 is 5.97 Å². The SMILES string of the molecule is C#CCCC/C=C(/C(=O)CCCC=O)C(=O)OCC. The second kappa shape index (κ2) is 11.2. The molecule has 0 aliphatic carbocycles. The molecule has 0 radical (unpaired) electrons.